The summed E-state index contributed by atoms with van der Waals surface area (Å²) < 4.78 is 5.79. The fraction of sp³-hybridized carbons (Fsp3) is 0.172. The molecule has 36 heavy (non-hydrogen) atoms. The number of hydrogen-bond donors (Lipinski definition) is 1. The molecule has 4 heterocycles. The van der Waals surface area contributed by atoms with Crippen LogP contribution in [0.15, 0.2) is 95.0 Å². The van der Waals surface area contributed by atoms with Gasteiger partial charge in [0.2, 0.25) is 0 Å². The molecule has 0 bridgehead atoms. The first-order chi connectivity index (χ1) is 17.4. The molecule has 4 aromatic rings. The fourth-order valence-corrected chi connectivity index (χ4v) is 5.64. The van der Waals surface area contributed by atoms with Gasteiger partial charge < -0.3 is 10.1 Å². The van der Waals surface area contributed by atoms with E-state index < -0.39 is 11.9 Å². The molecule has 0 aliphatic carbocycles. The van der Waals surface area contributed by atoms with Crippen LogP contribution in [0.5, 0.6) is 0 Å². The molecule has 0 saturated carbocycles. The number of Topliss-reactive ketones (excluding diaryl/α,β-unsaturated/α-hetero) is 1. The third-order valence-corrected chi connectivity index (χ3v) is 7.29. The van der Waals surface area contributed by atoms with Gasteiger partial charge >= 0.3 is 5.97 Å². The highest BCUT2D eigenvalue weighted by atomic mass is 32.1. The standard InChI is InChI=1S/C29H25N3O3S/c1-17-25(19(3)33)27(24-16-36-28-23(24)7-5-13-31-28)26(18(2)32-17)29(34)35-15-20-8-10-21(11-9-20)22-6-4-12-30-14-22/h4-14,16,27,32H,15H2,1-3H3. The summed E-state index contributed by atoms with van der Waals surface area (Å²) >= 11 is 1.50. The first-order valence-electron chi connectivity index (χ1n) is 11.6. The Kier molecular flexibility index (Phi) is 6.48. The molecular formula is C29H25N3O3S. The maximum Gasteiger partial charge on any atom is 0.337 e. The van der Waals surface area contributed by atoms with Gasteiger partial charge in [-0.2, -0.15) is 0 Å². The number of nitrogens with zero attached hydrogens (tertiary/aromatic N) is 2. The van der Waals surface area contributed by atoms with Crippen molar-refractivity contribution in [3.8, 4) is 11.1 Å². The smallest absolute Gasteiger partial charge is 0.337 e. The van der Waals surface area contributed by atoms with Gasteiger partial charge in [-0.25, -0.2) is 9.78 Å². The summed E-state index contributed by atoms with van der Waals surface area (Å²) in [6.07, 6.45) is 5.30. The Morgan fingerprint density at radius 3 is 2.44 bits per heavy atom. The highest BCUT2D eigenvalue weighted by molar-refractivity contribution is 7.16. The zero-order valence-electron chi connectivity index (χ0n) is 20.2. The minimum atomic E-state index is -0.526. The van der Waals surface area contributed by atoms with E-state index in [0.717, 1.165) is 38.2 Å². The summed E-state index contributed by atoms with van der Waals surface area (Å²) in [5.74, 6) is -1.06. The molecule has 1 aliphatic heterocycles. The number of carbonyl (C=O) groups is 2. The number of benzene rings is 1. The minimum absolute atomic E-state index is 0.0861. The van der Waals surface area contributed by atoms with E-state index in [1.165, 1.54) is 18.3 Å². The zero-order chi connectivity index (χ0) is 25.2. The maximum atomic E-state index is 13.5. The quantitative estimate of drug-likeness (QED) is 0.334. The lowest BCUT2D eigenvalue weighted by atomic mass is 9.79. The Hall–Kier alpha value is -4.10. The Labute approximate surface area is 213 Å². The predicted molar refractivity (Wildman–Crippen MR) is 141 cm³/mol. The maximum absolute atomic E-state index is 13.5. The van der Waals surface area contributed by atoms with E-state index in [1.54, 1.807) is 12.4 Å². The number of carbonyl (C=O) groups excluding carboxylic acids is 2. The topological polar surface area (TPSA) is 81.2 Å². The fourth-order valence-electron chi connectivity index (χ4n) is 4.71. The monoisotopic (exact) mass is 495 g/mol. The van der Waals surface area contributed by atoms with Crippen LogP contribution in [-0.4, -0.2) is 21.7 Å². The van der Waals surface area contributed by atoms with Crippen molar-refractivity contribution in [2.75, 3.05) is 0 Å². The van der Waals surface area contributed by atoms with Crippen molar-refractivity contribution in [2.24, 2.45) is 0 Å². The van der Waals surface area contributed by atoms with Crippen molar-refractivity contribution < 1.29 is 14.3 Å². The summed E-state index contributed by atoms with van der Waals surface area (Å²) in [4.78, 5) is 35.8. The van der Waals surface area contributed by atoms with Gasteiger partial charge in [-0.1, -0.05) is 36.4 Å². The van der Waals surface area contributed by atoms with Crippen molar-refractivity contribution in [3.05, 3.63) is 106 Å². The molecular weight excluding hydrogens is 470 g/mol. The van der Waals surface area contributed by atoms with Gasteiger partial charge in [0.25, 0.3) is 0 Å². The number of thiophene rings is 1. The van der Waals surface area contributed by atoms with Crippen molar-refractivity contribution in [2.45, 2.75) is 33.3 Å². The molecule has 0 fully saturated rings. The van der Waals surface area contributed by atoms with Gasteiger partial charge in [0.1, 0.15) is 11.4 Å². The Bertz CT molecular complexity index is 1520. The first-order valence-corrected chi connectivity index (χ1v) is 12.5. The zero-order valence-corrected chi connectivity index (χ0v) is 21.1. The van der Waals surface area contributed by atoms with Crippen molar-refractivity contribution in [1.29, 1.82) is 0 Å². The van der Waals surface area contributed by atoms with Gasteiger partial charge in [-0.15, -0.1) is 11.3 Å². The Morgan fingerprint density at radius 1 is 0.972 bits per heavy atom. The number of ketones is 1. The number of esters is 1. The molecule has 1 atom stereocenters. The lowest BCUT2D eigenvalue weighted by Gasteiger charge is -2.30. The number of hydrogen-bond acceptors (Lipinski definition) is 7. The number of allylic oxidation sites excluding steroid dienone is 3. The Morgan fingerprint density at radius 2 is 1.72 bits per heavy atom. The van der Waals surface area contributed by atoms with Gasteiger partial charge in [-0.05, 0) is 60.5 Å². The molecule has 7 heteroatoms. The number of nitrogens with one attached hydrogen (secondary N) is 1. The van der Waals surface area contributed by atoms with Crippen molar-refractivity contribution in [1.82, 2.24) is 15.3 Å². The van der Waals surface area contributed by atoms with Gasteiger partial charge in [-0.3, -0.25) is 9.78 Å². The number of rotatable bonds is 6. The van der Waals surface area contributed by atoms with Crippen molar-refractivity contribution in [3.63, 3.8) is 0 Å². The van der Waals surface area contributed by atoms with E-state index in [2.05, 4.69) is 15.3 Å². The summed E-state index contributed by atoms with van der Waals surface area (Å²) in [5, 5.41) is 6.15. The second-order valence-electron chi connectivity index (χ2n) is 8.75. The van der Waals surface area contributed by atoms with Crippen LogP contribution < -0.4 is 5.32 Å². The van der Waals surface area contributed by atoms with E-state index in [4.69, 9.17) is 4.74 Å². The summed E-state index contributed by atoms with van der Waals surface area (Å²) in [6, 6.07) is 15.6. The lowest BCUT2D eigenvalue weighted by Crippen LogP contribution is -2.31. The van der Waals surface area contributed by atoms with E-state index in [0.29, 0.717) is 16.8 Å². The molecule has 0 amide bonds. The normalized spacial score (nSPS) is 15.7. The van der Waals surface area contributed by atoms with Gasteiger partial charge in [0.05, 0.1) is 5.57 Å². The molecule has 1 unspecified atom stereocenters. The van der Waals surface area contributed by atoms with Crippen LogP contribution in [0.4, 0.5) is 0 Å². The molecule has 1 aliphatic rings. The van der Waals surface area contributed by atoms with Crippen LogP contribution in [0.3, 0.4) is 0 Å². The lowest BCUT2D eigenvalue weighted by molar-refractivity contribution is -0.140. The third-order valence-electron chi connectivity index (χ3n) is 6.37. The summed E-state index contributed by atoms with van der Waals surface area (Å²) in [6.45, 7) is 5.37. The first kappa shape index (κ1) is 23.6. The van der Waals surface area contributed by atoms with E-state index in [-0.39, 0.29) is 12.4 Å². The minimum Gasteiger partial charge on any atom is -0.457 e. The second kappa shape index (κ2) is 9.87. The number of aromatic nitrogens is 2. The van der Waals surface area contributed by atoms with Gasteiger partial charge in [0.15, 0.2) is 5.78 Å². The number of fused-ring (bicyclic) bond motifs is 1. The summed E-state index contributed by atoms with van der Waals surface area (Å²) in [7, 11) is 0. The molecule has 0 saturated heterocycles. The van der Waals surface area contributed by atoms with Crippen LogP contribution in [0.25, 0.3) is 21.3 Å². The highest BCUT2D eigenvalue weighted by Crippen LogP contribution is 2.43. The van der Waals surface area contributed by atoms with E-state index in [1.807, 2.05) is 74.0 Å². The van der Waals surface area contributed by atoms with Crippen LogP contribution in [0.2, 0.25) is 0 Å². The van der Waals surface area contributed by atoms with E-state index >= 15 is 0 Å². The third kappa shape index (κ3) is 4.45. The van der Waals surface area contributed by atoms with Crippen LogP contribution in [0.1, 0.15) is 37.8 Å². The second-order valence-corrected chi connectivity index (χ2v) is 9.61. The average Bonchev–Trinajstić information content (AvgIpc) is 3.31. The molecule has 3 aromatic heterocycles. The number of dihydropyridines is 1. The van der Waals surface area contributed by atoms with Crippen LogP contribution in [0, 0.1) is 0 Å². The molecule has 180 valence electrons. The highest BCUT2D eigenvalue weighted by Gasteiger charge is 2.37. The molecule has 6 nitrogen and oxygen atoms in total. The SMILES string of the molecule is CC(=O)C1=C(C)NC(C)=C(C(=O)OCc2ccc(-c3cccnc3)cc2)C1c1csc2ncccc12. The van der Waals surface area contributed by atoms with Gasteiger partial charge in [0, 0.05) is 46.9 Å². The number of pyridine rings is 2. The van der Waals surface area contributed by atoms with Crippen LogP contribution >= 0.6 is 11.3 Å². The molecule has 5 rings (SSSR count). The Balaban J connectivity index is 1.43. The molecule has 0 spiro atoms. The molecule has 1 aromatic carbocycles. The van der Waals surface area contributed by atoms with Crippen molar-refractivity contribution >= 4 is 33.3 Å². The molecule has 0 radical (unpaired) electrons. The predicted octanol–water partition coefficient (Wildman–Crippen LogP) is 5.93. The summed E-state index contributed by atoms with van der Waals surface area (Å²) in [5.41, 5.74) is 6.27. The average molecular weight is 496 g/mol. The largest absolute Gasteiger partial charge is 0.457 e. The van der Waals surface area contributed by atoms with E-state index in [9.17, 15) is 9.59 Å². The number of ether oxygens (including phenoxy) is 1. The van der Waals surface area contributed by atoms with Crippen LogP contribution in [-0.2, 0) is 20.9 Å². The molecule has 1 N–H and O–H groups in total.